The number of Topliss-reactive ketones (excluding diaryl/α,β-unsaturated/α-hetero) is 1. The Balaban J connectivity index is 2.44. The molecule has 1 saturated carbocycles. The van der Waals surface area contributed by atoms with Gasteiger partial charge in [0.15, 0.2) is 0 Å². The third-order valence-corrected chi connectivity index (χ3v) is 3.57. The molecule has 0 spiro atoms. The van der Waals surface area contributed by atoms with E-state index >= 15 is 0 Å². The average molecular weight is 242 g/mol. The van der Waals surface area contributed by atoms with Crippen LogP contribution >= 0.6 is 0 Å². The van der Waals surface area contributed by atoms with E-state index in [1.165, 1.54) is 12.8 Å². The number of ether oxygens (including phenoxy) is 1. The largest absolute Gasteiger partial charge is 0.394 e. The van der Waals surface area contributed by atoms with E-state index in [4.69, 9.17) is 9.84 Å². The SMILES string of the molecule is CCCCCC(OCCO)C1CCCCC1=O. The normalized spacial score (nSPS) is 22.7. The van der Waals surface area contributed by atoms with Crippen LogP contribution in [-0.4, -0.2) is 30.2 Å². The van der Waals surface area contributed by atoms with Crippen LogP contribution in [0.1, 0.15) is 58.3 Å². The zero-order valence-electron chi connectivity index (χ0n) is 11.0. The first-order chi connectivity index (χ1) is 8.29. The van der Waals surface area contributed by atoms with E-state index < -0.39 is 0 Å². The van der Waals surface area contributed by atoms with Gasteiger partial charge in [-0.05, 0) is 19.3 Å². The van der Waals surface area contributed by atoms with Crippen molar-refractivity contribution in [3.05, 3.63) is 0 Å². The van der Waals surface area contributed by atoms with Gasteiger partial charge in [0.1, 0.15) is 5.78 Å². The number of hydrogen-bond acceptors (Lipinski definition) is 3. The number of aliphatic hydroxyl groups is 1. The van der Waals surface area contributed by atoms with E-state index in [0.29, 0.717) is 12.4 Å². The molecule has 2 atom stereocenters. The second-order valence-corrected chi connectivity index (χ2v) is 4.95. The number of unbranched alkanes of at least 4 members (excludes halogenated alkanes) is 2. The summed E-state index contributed by atoms with van der Waals surface area (Å²) in [6, 6.07) is 0. The summed E-state index contributed by atoms with van der Waals surface area (Å²) in [7, 11) is 0. The molecule has 0 bridgehead atoms. The third kappa shape index (κ3) is 5.17. The van der Waals surface area contributed by atoms with Crippen molar-refractivity contribution in [1.29, 1.82) is 0 Å². The quantitative estimate of drug-likeness (QED) is 0.666. The van der Waals surface area contributed by atoms with Gasteiger partial charge in [0.2, 0.25) is 0 Å². The monoisotopic (exact) mass is 242 g/mol. The first kappa shape index (κ1) is 14.7. The topological polar surface area (TPSA) is 46.5 Å². The lowest BCUT2D eigenvalue weighted by molar-refractivity contribution is -0.131. The van der Waals surface area contributed by atoms with Gasteiger partial charge in [-0.15, -0.1) is 0 Å². The number of hydrogen-bond donors (Lipinski definition) is 1. The molecule has 2 unspecified atom stereocenters. The van der Waals surface area contributed by atoms with Gasteiger partial charge in [0, 0.05) is 12.3 Å². The average Bonchev–Trinajstić information content (AvgIpc) is 2.35. The van der Waals surface area contributed by atoms with Crippen molar-refractivity contribution in [2.24, 2.45) is 5.92 Å². The minimum absolute atomic E-state index is 0.0431. The van der Waals surface area contributed by atoms with Crippen molar-refractivity contribution in [3.8, 4) is 0 Å². The minimum Gasteiger partial charge on any atom is -0.394 e. The van der Waals surface area contributed by atoms with E-state index in [1.807, 2.05) is 0 Å². The number of ketones is 1. The summed E-state index contributed by atoms with van der Waals surface area (Å²) in [6.07, 6.45) is 8.38. The summed E-state index contributed by atoms with van der Waals surface area (Å²) < 4.78 is 5.68. The molecule has 1 rings (SSSR count). The van der Waals surface area contributed by atoms with Crippen LogP contribution in [-0.2, 0) is 9.53 Å². The van der Waals surface area contributed by atoms with E-state index in [-0.39, 0.29) is 18.6 Å². The van der Waals surface area contributed by atoms with Crippen LogP contribution < -0.4 is 0 Å². The van der Waals surface area contributed by atoms with Crippen molar-refractivity contribution < 1.29 is 14.6 Å². The zero-order chi connectivity index (χ0) is 12.5. The van der Waals surface area contributed by atoms with Crippen LogP contribution in [0, 0.1) is 5.92 Å². The van der Waals surface area contributed by atoms with Crippen LogP contribution in [0.2, 0.25) is 0 Å². The second kappa shape index (κ2) is 8.65. The Bertz CT molecular complexity index is 216. The van der Waals surface area contributed by atoms with Crippen LogP contribution in [0.3, 0.4) is 0 Å². The number of rotatable bonds is 8. The highest BCUT2D eigenvalue weighted by Crippen LogP contribution is 2.28. The maximum atomic E-state index is 11.9. The van der Waals surface area contributed by atoms with Gasteiger partial charge in [-0.2, -0.15) is 0 Å². The minimum atomic E-state index is 0.0431. The third-order valence-electron chi connectivity index (χ3n) is 3.57. The number of aliphatic hydroxyl groups excluding tert-OH is 1. The predicted molar refractivity (Wildman–Crippen MR) is 67.9 cm³/mol. The Labute approximate surface area is 105 Å². The molecule has 0 aromatic heterocycles. The van der Waals surface area contributed by atoms with Crippen molar-refractivity contribution >= 4 is 5.78 Å². The fourth-order valence-corrected chi connectivity index (χ4v) is 2.60. The second-order valence-electron chi connectivity index (χ2n) is 4.95. The summed E-state index contributed by atoms with van der Waals surface area (Å²) in [4.78, 5) is 11.9. The van der Waals surface area contributed by atoms with Crippen molar-refractivity contribution in [1.82, 2.24) is 0 Å². The zero-order valence-corrected chi connectivity index (χ0v) is 11.0. The molecule has 1 N–H and O–H groups in total. The molecule has 0 saturated heterocycles. The fourth-order valence-electron chi connectivity index (χ4n) is 2.60. The lowest BCUT2D eigenvalue weighted by Gasteiger charge is -2.29. The molecule has 3 nitrogen and oxygen atoms in total. The highest BCUT2D eigenvalue weighted by atomic mass is 16.5. The molecular formula is C14H26O3. The molecule has 0 aromatic rings. The number of carbonyl (C=O) groups excluding carboxylic acids is 1. The van der Waals surface area contributed by atoms with Crippen LogP contribution in [0.5, 0.6) is 0 Å². The van der Waals surface area contributed by atoms with E-state index in [1.54, 1.807) is 0 Å². The Morgan fingerprint density at radius 2 is 2.24 bits per heavy atom. The molecule has 100 valence electrons. The molecule has 0 aliphatic heterocycles. The molecule has 0 heterocycles. The predicted octanol–water partition coefficient (Wildman–Crippen LogP) is 2.70. The standard InChI is InChI=1S/C14H26O3/c1-2-3-4-9-14(17-11-10-15)12-7-5-6-8-13(12)16/h12,14-15H,2-11H2,1H3. The maximum Gasteiger partial charge on any atom is 0.138 e. The molecule has 3 heteroatoms. The molecule has 1 fully saturated rings. The molecule has 17 heavy (non-hydrogen) atoms. The smallest absolute Gasteiger partial charge is 0.138 e. The van der Waals surface area contributed by atoms with Crippen molar-refractivity contribution in [2.75, 3.05) is 13.2 Å². The lowest BCUT2D eigenvalue weighted by atomic mass is 9.82. The van der Waals surface area contributed by atoms with Gasteiger partial charge in [0.05, 0.1) is 19.3 Å². The summed E-state index contributed by atoms with van der Waals surface area (Å²) in [5.74, 6) is 0.461. The Kier molecular flexibility index (Phi) is 7.45. The first-order valence-corrected chi connectivity index (χ1v) is 7.04. The molecule has 0 radical (unpaired) electrons. The molecule has 0 aromatic carbocycles. The lowest BCUT2D eigenvalue weighted by Crippen LogP contribution is -2.33. The van der Waals surface area contributed by atoms with Gasteiger partial charge >= 0.3 is 0 Å². The van der Waals surface area contributed by atoms with E-state index in [2.05, 4.69) is 6.92 Å². The Morgan fingerprint density at radius 3 is 2.88 bits per heavy atom. The van der Waals surface area contributed by atoms with E-state index in [0.717, 1.165) is 38.5 Å². The van der Waals surface area contributed by atoms with Crippen LogP contribution in [0.4, 0.5) is 0 Å². The molecular weight excluding hydrogens is 216 g/mol. The Hall–Kier alpha value is -0.410. The summed E-state index contributed by atoms with van der Waals surface area (Å²) in [5.41, 5.74) is 0. The molecule has 1 aliphatic rings. The van der Waals surface area contributed by atoms with Gasteiger partial charge < -0.3 is 9.84 Å². The first-order valence-electron chi connectivity index (χ1n) is 7.04. The van der Waals surface area contributed by atoms with Crippen molar-refractivity contribution in [3.63, 3.8) is 0 Å². The summed E-state index contributed by atoms with van der Waals surface area (Å²) >= 11 is 0. The number of carbonyl (C=O) groups is 1. The fraction of sp³-hybridized carbons (Fsp3) is 0.929. The van der Waals surface area contributed by atoms with Gasteiger partial charge in [-0.25, -0.2) is 0 Å². The van der Waals surface area contributed by atoms with Crippen LogP contribution in [0.15, 0.2) is 0 Å². The molecule has 1 aliphatic carbocycles. The maximum absolute atomic E-state index is 11.9. The van der Waals surface area contributed by atoms with Crippen LogP contribution in [0.25, 0.3) is 0 Å². The van der Waals surface area contributed by atoms with Gasteiger partial charge in [0.25, 0.3) is 0 Å². The highest BCUT2D eigenvalue weighted by Gasteiger charge is 2.30. The van der Waals surface area contributed by atoms with E-state index in [9.17, 15) is 4.79 Å². The van der Waals surface area contributed by atoms with Gasteiger partial charge in [-0.1, -0.05) is 32.6 Å². The summed E-state index contributed by atoms with van der Waals surface area (Å²) in [6.45, 7) is 2.58. The van der Waals surface area contributed by atoms with Gasteiger partial charge in [-0.3, -0.25) is 4.79 Å². The molecule has 0 amide bonds. The highest BCUT2D eigenvalue weighted by molar-refractivity contribution is 5.82. The van der Waals surface area contributed by atoms with Crippen molar-refractivity contribution in [2.45, 2.75) is 64.4 Å². The Morgan fingerprint density at radius 1 is 1.41 bits per heavy atom. The summed E-state index contributed by atoms with van der Waals surface area (Å²) in [5, 5.41) is 8.84.